The van der Waals surface area contributed by atoms with E-state index in [0.29, 0.717) is 6.54 Å². The van der Waals surface area contributed by atoms with E-state index in [1.165, 1.54) is 6.42 Å². The maximum Gasteiger partial charge on any atom is 0.242 e. The summed E-state index contributed by atoms with van der Waals surface area (Å²) in [5.74, 6) is 1.11. The van der Waals surface area contributed by atoms with Crippen LogP contribution in [0, 0.1) is 12.8 Å². The summed E-state index contributed by atoms with van der Waals surface area (Å²) < 4.78 is 0.932. The lowest BCUT2D eigenvalue weighted by Crippen LogP contribution is -2.48. The number of carbonyl (C=O) groups is 2. The Morgan fingerprint density at radius 3 is 2.72 bits per heavy atom. The molecule has 1 atom stereocenters. The number of thioether (sulfide) groups is 1. The minimum absolute atomic E-state index is 0.00398. The first kappa shape index (κ1) is 18.6. The van der Waals surface area contributed by atoms with Crippen LogP contribution in [0.2, 0.25) is 0 Å². The predicted molar refractivity (Wildman–Crippen MR) is 99.7 cm³/mol. The Balaban J connectivity index is 1.44. The van der Waals surface area contributed by atoms with Gasteiger partial charge in [0.25, 0.3) is 0 Å². The lowest BCUT2D eigenvalue weighted by atomic mass is 9.88. The van der Waals surface area contributed by atoms with Crippen LogP contribution in [-0.4, -0.2) is 51.8 Å². The highest BCUT2D eigenvalue weighted by Gasteiger charge is 2.37. The molecule has 1 aromatic heterocycles. The van der Waals surface area contributed by atoms with Crippen LogP contribution in [0.15, 0.2) is 4.34 Å². The number of nitrogens with one attached hydrogen (secondary N) is 1. The quantitative estimate of drug-likeness (QED) is 0.605. The summed E-state index contributed by atoms with van der Waals surface area (Å²) in [5.41, 5.74) is 0. The van der Waals surface area contributed by atoms with Crippen molar-refractivity contribution in [1.82, 2.24) is 20.4 Å². The van der Waals surface area contributed by atoms with Crippen molar-refractivity contribution in [3.8, 4) is 0 Å². The van der Waals surface area contributed by atoms with Gasteiger partial charge in [-0.15, -0.1) is 10.2 Å². The third-order valence-electron chi connectivity index (χ3n) is 4.93. The lowest BCUT2D eigenvalue weighted by molar-refractivity contribution is -0.142. The smallest absolute Gasteiger partial charge is 0.242 e. The zero-order chi connectivity index (χ0) is 17.6. The van der Waals surface area contributed by atoms with Crippen molar-refractivity contribution in [2.24, 2.45) is 5.92 Å². The molecule has 0 aromatic carbocycles. The minimum atomic E-state index is -0.275. The SMILES string of the molecule is Cc1nnc(SCCNC(=O)[C@H]2CCCN2C(=O)C2CCCCC2)s1. The third kappa shape index (κ3) is 4.94. The summed E-state index contributed by atoms with van der Waals surface area (Å²) in [7, 11) is 0. The van der Waals surface area contributed by atoms with Gasteiger partial charge in [0.15, 0.2) is 4.34 Å². The average molecular weight is 383 g/mol. The number of hydrogen-bond acceptors (Lipinski definition) is 6. The fourth-order valence-electron chi connectivity index (χ4n) is 3.65. The van der Waals surface area contributed by atoms with Crippen molar-refractivity contribution in [1.29, 1.82) is 0 Å². The lowest BCUT2D eigenvalue weighted by Gasteiger charge is -2.30. The molecule has 0 radical (unpaired) electrons. The van der Waals surface area contributed by atoms with E-state index in [-0.39, 0.29) is 23.8 Å². The summed E-state index contributed by atoms with van der Waals surface area (Å²) in [4.78, 5) is 27.1. The highest BCUT2D eigenvalue weighted by Crippen LogP contribution is 2.29. The Labute approximate surface area is 157 Å². The van der Waals surface area contributed by atoms with Crippen LogP contribution in [0.25, 0.3) is 0 Å². The Bertz CT molecular complexity index is 601. The number of rotatable bonds is 6. The Morgan fingerprint density at radius 2 is 2.00 bits per heavy atom. The van der Waals surface area contributed by atoms with Crippen LogP contribution in [0.5, 0.6) is 0 Å². The summed E-state index contributed by atoms with van der Waals surface area (Å²) in [6.45, 7) is 3.25. The largest absolute Gasteiger partial charge is 0.353 e. The van der Waals surface area contributed by atoms with Gasteiger partial charge in [-0.3, -0.25) is 9.59 Å². The average Bonchev–Trinajstić information content (AvgIpc) is 3.28. The predicted octanol–water partition coefficient (Wildman–Crippen LogP) is 2.63. The van der Waals surface area contributed by atoms with E-state index >= 15 is 0 Å². The highest BCUT2D eigenvalue weighted by molar-refractivity contribution is 8.01. The third-order valence-corrected chi connectivity index (χ3v) is 6.90. The number of aryl methyl sites for hydroxylation is 1. The van der Waals surface area contributed by atoms with Crippen LogP contribution in [0.4, 0.5) is 0 Å². The number of nitrogens with zero attached hydrogens (tertiary/aromatic N) is 3. The summed E-state index contributed by atoms with van der Waals surface area (Å²) in [5, 5.41) is 12.0. The molecule has 2 amide bonds. The molecule has 1 N–H and O–H groups in total. The monoisotopic (exact) mass is 382 g/mol. The fourth-order valence-corrected chi connectivity index (χ4v) is 5.40. The summed E-state index contributed by atoms with van der Waals surface area (Å²) >= 11 is 3.17. The molecule has 2 fully saturated rings. The van der Waals surface area contributed by atoms with Crippen molar-refractivity contribution in [2.45, 2.75) is 62.3 Å². The zero-order valence-electron chi connectivity index (χ0n) is 14.7. The van der Waals surface area contributed by atoms with Gasteiger partial charge in [-0.2, -0.15) is 0 Å². The highest BCUT2D eigenvalue weighted by atomic mass is 32.2. The van der Waals surface area contributed by atoms with E-state index in [1.807, 2.05) is 11.8 Å². The molecule has 6 nitrogen and oxygen atoms in total. The second kappa shape index (κ2) is 8.98. The molecule has 1 aromatic rings. The van der Waals surface area contributed by atoms with Crippen LogP contribution in [0.1, 0.15) is 50.0 Å². The Kier molecular flexibility index (Phi) is 6.70. The second-order valence-electron chi connectivity index (χ2n) is 6.75. The molecule has 8 heteroatoms. The van der Waals surface area contributed by atoms with Crippen LogP contribution in [0.3, 0.4) is 0 Å². The molecule has 1 saturated carbocycles. The van der Waals surface area contributed by atoms with Gasteiger partial charge in [-0.1, -0.05) is 42.4 Å². The molecule has 0 unspecified atom stereocenters. The molecule has 1 saturated heterocycles. The minimum Gasteiger partial charge on any atom is -0.353 e. The molecule has 0 bridgehead atoms. The van der Waals surface area contributed by atoms with Crippen LogP contribution < -0.4 is 5.32 Å². The van der Waals surface area contributed by atoms with E-state index in [4.69, 9.17) is 0 Å². The number of aromatic nitrogens is 2. The van der Waals surface area contributed by atoms with E-state index in [1.54, 1.807) is 23.1 Å². The zero-order valence-corrected chi connectivity index (χ0v) is 16.3. The first-order valence-corrected chi connectivity index (χ1v) is 11.0. The van der Waals surface area contributed by atoms with Gasteiger partial charge in [-0.25, -0.2) is 0 Å². The van der Waals surface area contributed by atoms with E-state index in [0.717, 1.165) is 60.2 Å². The molecule has 3 rings (SSSR count). The van der Waals surface area contributed by atoms with Crippen LogP contribution in [-0.2, 0) is 9.59 Å². The molecule has 138 valence electrons. The van der Waals surface area contributed by atoms with Gasteiger partial charge in [-0.05, 0) is 32.6 Å². The fraction of sp³-hybridized carbons (Fsp3) is 0.765. The first-order chi connectivity index (χ1) is 12.1. The number of hydrogen-bond donors (Lipinski definition) is 1. The van der Waals surface area contributed by atoms with Crippen molar-refractivity contribution >= 4 is 34.9 Å². The number of likely N-dealkylation sites (tertiary alicyclic amines) is 1. The van der Waals surface area contributed by atoms with E-state index < -0.39 is 0 Å². The Hall–Kier alpha value is -1.15. The molecular weight excluding hydrogens is 356 g/mol. The second-order valence-corrected chi connectivity index (χ2v) is 9.27. The molecule has 2 heterocycles. The maximum atomic E-state index is 12.8. The van der Waals surface area contributed by atoms with E-state index in [9.17, 15) is 9.59 Å². The topological polar surface area (TPSA) is 75.2 Å². The standard InChI is InChI=1S/C17H26N4O2S2/c1-12-19-20-17(25-12)24-11-9-18-15(22)14-8-5-10-21(14)16(23)13-6-3-2-4-7-13/h13-14H,2-11H2,1H3,(H,18,22)/t14-/m1/s1. The molecule has 1 aliphatic carbocycles. The first-order valence-electron chi connectivity index (χ1n) is 9.16. The van der Waals surface area contributed by atoms with Gasteiger partial charge < -0.3 is 10.2 Å². The van der Waals surface area contributed by atoms with Crippen LogP contribution >= 0.6 is 23.1 Å². The normalized spacial score (nSPS) is 21.5. The van der Waals surface area contributed by atoms with Crippen molar-refractivity contribution < 1.29 is 9.59 Å². The molecular formula is C17H26N4O2S2. The van der Waals surface area contributed by atoms with Crippen molar-refractivity contribution in [3.05, 3.63) is 5.01 Å². The number of carbonyl (C=O) groups excluding carboxylic acids is 2. The molecule has 25 heavy (non-hydrogen) atoms. The summed E-state index contributed by atoms with van der Waals surface area (Å²) in [6.07, 6.45) is 7.21. The molecule has 2 aliphatic rings. The van der Waals surface area contributed by atoms with Crippen molar-refractivity contribution in [2.75, 3.05) is 18.8 Å². The van der Waals surface area contributed by atoms with Gasteiger partial charge in [0.1, 0.15) is 11.0 Å². The number of amides is 2. The van der Waals surface area contributed by atoms with Gasteiger partial charge in [0, 0.05) is 24.8 Å². The van der Waals surface area contributed by atoms with Gasteiger partial charge in [0.05, 0.1) is 0 Å². The summed E-state index contributed by atoms with van der Waals surface area (Å²) in [6, 6.07) is -0.275. The van der Waals surface area contributed by atoms with Crippen molar-refractivity contribution in [3.63, 3.8) is 0 Å². The molecule has 0 spiro atoms. The maximum absolute atomic E-state index is 12.8. The van der Waals surface area contributed by atoms with Gasteiger partial charge >= 0.3 is 0 Å². The van der Waals surface area contributed by atoms with E-state index in [2.05, 4.69) is 15.5 Å². The van der Waals surface area contributed by atoms with Gasteiger partial charge in [0.2, 0.25) is 11.8 Å². The molecule has 1 aliphatic heterocycles. The Morgan fingerprint density at radius 1 is 1.20 bits per heavy atom.